The Morgan fingerprint density at radius 3 is 2.30 bits per heavy atom. The van der Waals surface area contributed by atoms with Crippen molar-refractivity contribution in [2.24, 2.45) is 0 Å². The highest BCUT2D eigenvalue weighted by Crippen LogP contribution is 2.26. The number of esters is 1. The lowest BCUT2D eigenvalue weighted by Crippen LogP contribution is -2.04. The number of hydrogen-bond acceptors (Lipinski definition) is 6. The number of carbonyl (C=O) groups is 2. The summed E-state index contributed by atoms with van der Waals surface area (Å²) in [4.78, 5) is 23.6. The first-order chi connectivity index (χ1) is 13.0. The van der Waals surface area contributed by atoms with E-state index in [0.29, 0.717) is 33.9 Å². The molecule has 27 heavy (non-hydrogen) atoms. The first-order valence-electron chi connectivity index (χ1n) is 8.23. The number of Topliss-reactive ketones (excluding diaryl/α,β-unsaturated/α-hetero) is 1. The maximum Gasteiger partial charge on any atom is 0.331 e. The van der Waals surface area contributed by atoms with Gasteiger partial charge in [-0.05, 0) is 43.3 Å². The standard InChI is InChI=1S/C21H22O6/c1-14(22)16-6-9-19(25-3)17(11-16)13-27-21(23)10-7-15-5-8-18(24-2)12-20(15)26-4/h5-12H,13H2,1-4H3/b10-7+. The van der Waals surface area contributed by atoms with Gasteiger partial charge in [0.25, 0.3) is 0 Å². The number of ketones is 1. The van der Waals surface area contributed by atoms with Crippen molar-refractivity contribution < 1.29 is 28.5 Å². The molecule has 6 nitrogen and oxygen atoms in total. The van der Waals surface area contributed by atoms with E-state index < -0.39 is 5.97 Å². The molecule has 0 amide bonds. The molecule has 6 heteroatoms. The van der Waals surface area contributed by atoms with Crippen molar-refractivity contribution in [2.75, 3.05) is 21.3 Å². The number of benzene rings is 2. The monoisotopic (exact) mass is 370 g/mol. The lowest BCUT2D eigenvalue weighted by Gasteiger charge is -2.10. The molecule has 0 N–H and O–H groups in total. The molecule has 0 heterocycles. The van der Waals surface area contributed by atoms with Crippen LogP contribution in [0.5, 0.6) is 17.2 Å². The molecule has 0 fully saturated rings. The number of rotatable bonds is 8. The van der Waals surface area contributed by atoms with Crippen LogP contribution in [0.4, 0.5) is 0 Å². The van der Waals surface area contributed by atoms with Crippen LogP contribution >= 0.6 is 0 Å². The number of carbonyl (C=O) groups excluding carboxylic acids is 2. The highest BCUT2D eigenvalue weighted by Gasteiger charge is 2.09. The SMILES string of the molecule is COc1ccc(/C=C/C(=O)OCc2cc(C(C)=O)ccc2OC)c(OC)c1. The Balaban J connectivity index is 2.07. The molecule has 0 saturated carbocycles. The van der Waals surface area contributed by atoms with Crippen LogP contribution < -0.4 is 14.2 Å². The maximum absolute atomic E-state index is 12.0. The molecule has 0 aliphatic carbocycles. The van der Waals surface area contributed by atoms with Crippen molar-refractivity contribution in [3.63, 3.8) is 0 Å². The zero-order chi connectivity index (χ0) is 19.8. The van der Waals surface area contributed by atoms with Gasteiger partial charge in [-0.2, -0.15) is 0 Å². The summed E-state index contributed by atoms with van der Waals surface area (Å²) in [5.74, 6) is 1.19. The second-order valence-corrected chi connectivity index (χ2v) is 5.63. The highest BCUT2D eigenvalue weighted by molar-refractivity contribution is 5.94. The van der Waals surface area contributed by atoms with E-state index in [4.69, 9.17) is 18.9 Å². The van der Waals surface area contributed by atoms with Crippen molar-refractivity contribution in [2.45, 2.75) is 13.5 Å². The summed E-state index contributed by atoms with van der Waals surface area (Å²) in [5, 5.41) is 0. The van der Waals surface area contributed by atoms with E-state index >= 15 is 0 Å². The minimum atomic E-state index is -0.525. The minimum absolute atomic E-state index is 0.00673. The van der Waals surface area contributed by atoms with Crippen LogP contribution in [-0.4, -0.2) is 33.1 Å². The van der Waals surface area contributed by atoms with Crippen LogP contribution in [0.25, 0.3) is 6.08 Å². The molecule has 0 unspecified atom stereocenters. The molecule has 142 valence electrons. The fourth-order valence-corrected chi connectivity index (χ4v) is 2.42. The Morgan fingerprint density at radius 2 is 1.67 bits per heavy atom. The third-order valence-electron chi connectivity index (χ3n) is 3.90. The first kappa shape index (κ1) is 20.0. The molecule has 2 aromatic carbocycles. The van der Waals surface area contributed by atoms with Gasteiger partial charge in [-0.25, -0.2) is 4.79 Å². The largest absolute Gasteiger partial charge is 0.497 e. The van der Waals surface area contributed by atoms with Crippen LogP contribution in [-0.2, 0) is 16.1 Å². The predicted molar refractivity (Wildman–Crippen MR) is 101 cm³/mol. The lowest BCUT2D eigenvalue weighted by atomic mass is 10.1. The number of hydrogen-bond donors (Lipinski definition) is 0. The molecule has 0 aliphatic rings. The average Bonchev–Trinajstić information content (AvgIpc) is 2.70. The molecule has 0 saturated heterocycles. The van der Waals surface area contributed by atoms with Gasteiger partial charge in [0, 0.05) is 28.8 Å². The van der Waals surface area contributed by atoms with Gasteiger partial charge in [0.15, 0.2) is 5.78 Å². The van der Waals surface area contributed by atoms with Gasteiger partial charge in [0.1, 0.15) is 23.9 Å². The topological polar surface area (TPSA) is 71.1 Å². The Kier molecular flexibility index (Phi) is 7.00. The van der Waals surface area contributed by atoms with Crippen molar-refractivity contribution in [3.8, 4) is 17.2 Å². The molecule has 0 aromatic heterocycles. The normalized spacial score (nSPS) is 10.5. The van der Waals surface area contributed by atoms with E-state index in [1.54, 1.807) is 56.7 Å². The number of ether oxygens (including phenoxy) is 4. The van der Waals surface area contributed by atoms with Gasteiger partial charge in [-0.3, -0.25) is 4.79 Å². The predicted octanol–water partition coefficient (Wildman–Crippen LogP) is 3.67. The quantitative estimate of drug-likeness (QED) is 0.401. The van der Waals surface area contributed by atoms with Gasteiger partial charge < -0.3 is 18.9 Å². The third kappa shape index (κ3) is 5.34. The van der Waals surface area contributed by atoms with E-state index in [1.165, 1.54) is 20.1 Å². The Bertz CT molecular complexity index is 854. The zero-order valence-corrected chi connectivity index (χ0v) is 15.8. The van der Waals surface area contributed by atoms with Crippen LogP contribution in [0.15, 0.2) is 42.5 Å². The van der Waals surface area contributed by atoms with Crippen molar-refractivity contribution >= 4 is 17.8 Å². The van der Waals surface area contributed by atoms with E-state index in [2.05, 4.69) is 0 Å². The maximum atomic E-state index is 12.0. The van der Waals surface area contributed by atoms with E-state index in [0.717, 1.165) is 0 Å². The molecule has 2 rings (SSSR count). The molecular weight excluding hydrogens is 348 g/mol. The molecule has 2 aromatic rings. The third-order valence-corrected chi connectivity index (χ3v) is 3.90. The minimum Gasteiger partial charge on any atom is -0.497 e. The molecule has 0 aliphatic heterocycles. The van der Waals surface area contributed by atoms with Crippen LogP contribution in [0.1, 0.15) is 28.4 Å². The Morgan fingerprint density at radius 1 is 0.926 bits per heavy atom. The summed E-state index contributed by atoms with van der Waals surface area (Å²) in [6.45, 7) is 1.47. The molecular formula is C21H22O6. The van der Waals surface area contributed by atoms with Crippen LogP contribution in [0.2, 0.25) is 0 Å². The highest BCUT2D eigenvalue weighted by atomic mass is 16.5. The fraction of sp³-hybridized carbons (Fsp3) is 0.238. The fourth-order valence-electron chi connectivity index (χ4n) is 2.42. The van der Waals surface area contributed by atoms with Gasteiger partial charge in [0.2, 0.25) is 0 Å². The zero-order valence-electron chi connectivity index (χ0n) is 15.8. The molecule has 0 radical (unpaired) electrons. The Hall–Kier alpha value is -3.28. The van der Waals surface area contributed by atoms with E-state index in [1.807, 2.05) is 0 Å². The van der Waals surface area contributed by atoms with Crippen molar-refractivity contribution in [3.05, 3.63) is 59.2 Å². The average molecular weight is 370 g/mol. The van der Waals surface area contributed by atoms with Gasteiger partial charge >= 0.3 is 5.97 Å². The van der Waals surface area contributed by atoms with Crippen molar-refractivity contribution in [1.82, 2.24) is 0 Å². The summed E-state index contributed by atoms with van der Waals surface area (Å²) < 4.78 is 20.9. The van der Waals surface area contributed by atoms with Gasteiger partial charge in [-0.15, -0.1) is 0 Å². The lowest BCUT2D eigenvalue weighted by molar-refractivity contribution is -0.138. The summed E-state index contributed by atoms with van der Waals surface area (Å²) in [7, 11) is 4.62. The molecule has 0 bridgehead atoms. The van der Waals surface area contributed by atoms with Crippen LogP contribution in [0, 0.1) is 0 Å². The second-order valence-electron chi connectivity index (χ2n) is 5.63. The van der Waals surface area contributed by atoms with Crippen LogP contribution in [0.3, 0.4) is 0 Å². The van der Waals surface area contributed by atoms with Crippen molar-refractivity contribution in [1.29, 1.82) is 0 Å². The summed E-state index contributed by atoms with van der Waals surface area (Å²) in [5.41, 5.74) is 1.86. The molecule has 0 atom stereocenters. The summed E-state index contributed by atoms with van der Waals surface area (Å²) in [6.07, 6.45) is 2.91. The second kappa shape index (κ2) is 9.43. The van der Waals surface area contributed by atoms with E-state index in [9.17, 15) is 9.59 Å². The Labute approximate surface area is 158 Å². The first-order valence-corrected chi connectivity index (χ1v) is 8.23. The van der Waals surface area contributed by atoms with Gasteiger partial charge in [-0.1, -0.05) is 0 Å². The molecule has 0 spiro atoms. The van der Waals surface area contributed by atoms with Gasteiger partial charge in [0.05, 0.1) is 21.3 Å². The number of methoxy groups -OCH3 is 3. The van der Waals surface area contributed by atoms with E-state index in [-0.39, 0.29) is 12.4 Å². The smallest absolute Gasteiger partial charge is 0.331 e. The summed E-state index contributed by atoms with van der Waals surface area (Å²) in [6, 6.07) is 10.3. The summed E-state index contributed by atoms with van der Waals surface area (Å²) >= 11 is 0.